The number of anilines is 1. The van der Waals surface area contributed by atoms with Gasteiger partial charge in [-0.1, -0.05) is 0 Å². The van der Waals surface area contributed by atoms with Crippen LogP contribution in [0.15, 0.2) is 18.3 Å². The lowest BCUT2D eigenvalue weighted by Crippen LogP contribution is -2.33. The predicted octanol–water partition coefficient (Wildman–Crippen LogP) is 1.33. The Kier molecular flexibility index (Phi) is 3.78. The second-order valence-corrected chi connectivity index (χ2v) is 4.81. The van der Waals surface area contributed by atoms with Crippen molar-refractivity contribution in [2.75, 3.05) is 25.4 Å². The fraction of sp³-hybridized carbons (Fsp3) is 0.333. The number of carbonyl (C=O) groups is 1. The number of aromatic nitrogens is 1. The molecule has 6 heteroatoms. The molecular formula is C12H15N3O2S. The van der Waals surface area contributed by atoms with Crippen LogP contribution in [0.3, 0.4) is 0 Å². The van der Waals surface area contributed by atoms with Crippen molar-refractivity contribution in [2.24, 2.45) is 0 Å². The summed E-state index contributed by atoms with van der Waals surface area (Å²) in [6.07, 6.45) is 1.68. The lowest BCUT2D eigenvalue weighted by molar-refractivity contribution is 0.0738. The molecule has 0 atom stereocenters. The van der Waals surface area contributed by atoms with Crippen molar-refractivity contribution >= 4 is 33.1 Å². The molecule has 0 bridgehead atoms. The summed E-state index contributed by atoms with van der Waals surface area (Å²) in [5, 5.41) is 9.75. The van der Waals surface area contributed by atoms with E-state index in [0.29, 0.717) is 23.7 Å². The molecule has 0 fully saturated rings. The van der Waals surface area contributed by atoms with Gasteiger partial charge in [0, 0.05) is 24.7 Å². The number of likely N-dealkylation sites (N-methyl/N-ethyl adjacent to an activating group) is 1. The second kappa shape index (κ2) is 5.32. The van der Waals surface area contributed by atoms with Crippen LogP contribution >= 0.6 is 11.3 Å². The normalized spacial score (nSPS) is 10.8. The summed E-state index contributed by atoms with van der Waals surface area (Å²) in [5.41, 5.74) is 6.47. The summed E-state index contributed by atoms with van der Waals surface area (Å²) in [7, 11) is 0. The molecule has 0 aliphatic carbocycles. The van der Waals surface area contributed by atoms with Crippen LogP contribution in [0.25, 0.3) is 10.2 Å². The Balaban J connectivity index is 2.41. The number of aliphatic hydroxyl groups is 1. The SMILES string of the molecule is CCN(CCO)C(=O)c1sc2ncccc2c1N. The van der Waals surface area contributed by atoms with E-state index >= 15 is 0 Å². The molecule has 3 N–H and O–H groups in total. The summed E-state index contributed by atoms with van der Waals surface area (Å²) in [4.78, 5) is 19.3. The summed E-state index contributed by atoms with van der Waals surface area (Å²) >= 11 is 1.29. The highest BCUT2D eigenvalue weighted by molar-refractivity contribution is 7.21. The Hall–Kier alpha value is -1.66. The standard InChI is InChI=1S/C12H15N3O2S/c1-2-15(6-7-16)12(17)10-9(13)8-4-3-5-14-11(8)18-10/h3-5,16H,2,6-7,13H2,1H3. The molecule has 0 saturated carbocycles. The van der Waals surface area contributed by atoms with Crippen LogP contribution in [0, 0.1) is 0 Å². The number of carbonyl (C=O) groups excluding carboxylic acids is 1. The average molecular weight is 265 g/mol. The Morgan fingerprint density at radius 2 is 2.39 bits per heavy atom. The van der Waals surface area contributed by atoms with Gasteiger partial charge in [-0.3, -0.25) is 4.79 Å². The van der Waals surface area contributed by atoms with Crippen molar-refractivity contribution < 1.29 is 9.90 Å². The third kappa shape index (κ3) is 2.16. The number of amides is 1. The third-order valence-corrected chi connectivity index (χ3v) is 3.86. The zero-order valence-electron chi connectivity index (χ0n) is 10.1. The molecule has 0 unspecified atom stereocenters. The van der Waals surface area contributed by atoms with Gasteiger partial charge in [-0.05, 0) is 19.1 Å². The molecule has 18 heavy (non-hydrogen) atoms. The smallest absolute Gasteiger partial charge is 0.266 e. The van der Waals surface area contributed by atoms with Crippen molar-refractivity contribution in [1.29, 1.82) is 0 Å². The molecule has 1 amide bonds. The summed E-state index contributed by atoms with van der Waals surface area (Å²) in [6, 6.07) is 3.65. The summed E-state index contributed by atoms with van der Waals surface area (Å²) in [5.74, 6) is -0.146. The fourth-order valence-electron chi connectivity index (χ4n) is 1.78. The van der Waals surface area contributed by atoms with Gasteiger partial charge in [0.05, 0.1) is 12.3 Å². The third-order valence-electron chi connectivity index (χ3n) is 2.74. The topological polar surface area (TPSA) is 79.5 Å². The van der Waals surface area contributed by atoms with Crippen LogP contribution in [-0.2, 0) is 0 Å². The van der Waals surface area contributed by atoms with Gasteiger partial charge < -0.3 is 15.7 Å². The number of thiophene rings is 1. The quantitative estimate of drug-likeness (QED) is 0.874. The van der Waals surface area contributed by atoms with Gasteiger partial charge in [0.1, 0.15) is 9.71 Å². The molecule has 2 heterocycles. The maximum atomic E-state index is 12.3. The monoisotopic (exact) mass is 265 g/mol. The van der Waals surface area contributed by atoms with Gasteiger partial charge in [-0.25, -0.2) is 4.98 Å². The molecule has 0 aromatic carbocycles. The number of nitrogens with two attached hydrogens (primary N) is 1. The Bertz CT molecular complexity index is 567. The molecular weight excluding hydrogens is 250 g/mol. The van der Waals surface area contributed by atoms with E-state index in [1.807, 2.05) is 13.0 Å². The van der Waals surface area contributed by atoms with E-state index in [2.05, 4.69) is 4.98 Å². The molecule has 96 valence electrons. The van der Waals surface area contributed by atoms with Gasteiger partial charge >= 0.3 is 0 Å². The minimum Gasteiger partial charge on any atom is -0.397 e. The van der Waals surface area contributed by atoms with Crippen LogP contribution < -0.4 is 5.73 Å². The van der Waals surface area contributed by atoms with E-state index in [-0.39, 0.29) is 12.5 Å². The molecule has 5 nitrogen and oxygen atoms in total. The van der Waals surface area contributed by atoms with Crippen LogP contribution in [0.5, 0.6) is 0 Å². The Labute approximate surface area is 109 Å². The van der Waals surface area contributed by atoms with Gasteiger partial charge in [0.25, 0.3) is 5.91 Å². The van der Waals surface area contributed by atoms with Gasteiger partial charge in [-0.15, -0.1) is 11.3 Å². The van der Waals surface area contributed by atoms with Crippen molar-refractivity contribution in [3.8, 4) is 0 Å². The molecule has 0 radical (unpaired) electrons. The van der Waals surface area contributed by atoms with Gasteiger partial charge in [0.2, 0.25) is 0 Å². The van der Waals surface area contributed by atoms with Crippen molar-refractivity contribution in [1.82, 2.24) is 9.88 Å². The van der Waals surface area contributed by atoms with Crippen molar-refractivity contribution in [3.05, 3.63) is 23.2 Å². The van der Waals surface area contributed by atoms with E-state index in [4.69, 9.17) is 10.8 Å². The first-order valence-electron chi connectivity index (χ1n) is 5.72. The first-order valence-corrected chi connectivity index (χ1v) is 6.53. The minimum atomic E-state index is -0.146. The number of hydrogen-bond donors (Lipinski definition) is 2. The largest absolute Gasteiger partial charge is 0.397 e. The molecule has 2 rings (SSSR count). The number of rotatable bonds is 4. The van der Waals surface area contributed by atoms with Crippen LogP contribution in [0.2, 0.25) is 0 Å². The highest BCUT2D eigenvalue weighted by Crippen LogP contribution is 2.32. The Morgan fingerprint density at radius 3 is 3.00 bits per heavy atom. The molecule has 0 aliphatic rings. The molecule has 2 aromatic rings. The minimum absolute atomic E-state index is 0.0529. The van der Waals surface area contributed by atoms with Crippen LogP contribution in [0.1, 0.15) is 16.6 Å². The molecule has 0 spiro atoms. The van der Waals surface area contributed by atoms with E-state index in [9.17, 15) is 4.79 Å². The van der Waals surface area contributed by atoms with Crippen molar-refractivity contribution in [2.45, 2.75) is 6.92 Å². The average Bonchev–Trinajstić information content (AvgIpc) is 2.73. The molecule has 2 aromatic heterocycles. The number of hydrogen-bond acceptors (Lipinski definition) is 5. The lowest BCUT2D eigenvalue weighted by atomic mass is 10.2. The predicted molar refractivity (Wildman–Crippen MR) is 72.7 cm³/mol. The number of pyridine rings is 1. The van der Waals surface area contributed by atoms with E-state index in [1.54, 1.807) is 17.2 Å². The number of aliphatic hydroxyl groups excluding tert-OH is 1. The number of fused-ring (bicyclic) bond motifs is 1. The zero-order valence-corrected chi connectivity index (χ0v) is 10.9. The van der Waals surface area contributed by atoms with Crippen LogP contribution in [0.4, 0.5) is 5.69 Å². The second-order valence-electron chi connectivity index (χ2n) is 3.81. The van der Waals surface area contributed by atoms with Gasteiger partial charge in [0.15, 0.2) is 0 Å². The van der Waals surface area contributed by atoms with Crippen LogP contribution in [-0.4, -0.2) is 40.6 Å². The zero-order chi connectivity index (χ0) is 13.1. The van der Waals surface area contributed by atoms with E-state index in [0.717, 1.165) is 10.2 Å². The maximum Gasteiger partial charge on any atom is 0.266 e. The van der Waals surface area contributed by atoms with Gasteiger partial charge in [-0.2, -0.15) is 0 Å². The Morgan fingerprint density at radius 1 is 1.61 bits per heavy atom. The first-order chi connectivity index (χ1) is 8.69. The number of nitrogens with zero attached hydrogens (tertiary/aromatic N) is 2. The summed E-state index contributed by atoms with van der Waals surface area (Å²) < 4.78 is 0. The van der Waals surface area contributed by atoms with Crippen molar-refractivity contribution in [3.63, 3.8) is 0 Å². The first kappa shape index (κ1) is 12.8. The van der Waals surface area contributed by atoms with E-state index in [1.165, 1.54) is 11.3 Å². The maximum absolute atomic E-state index is 12.3. The lowest BCUT2D eigenvalue weighted by Gasteiger charge is -2.18. The highest BCUT2D eigenvalue weighted by atomic mass is 32.1. The molecule has 0 saturated heterocycles. The molecule has 0 aliphatic heterocycles. The number of nitrogen functional groups attached to an aromatic ring is 1. The summed E-state index contributed by atoms with van der Waals surface area (Å²) in [6.45, 7) is 2.68. The highest BCUT2D eigenvalue weighted by Gasteiger charge is 2.21. The van der Waals surface area contributed by atoms with E-state index < -0.39 is 0 Å². The fourth-order valence-corrected chi connectivity index (χ4v) is 2.81.